The minimum Gasteiger partial charge on any atom is -0.448 e. The number of carbonyl (C=O) groups is 3. The smallest absolute Gasteiger partial charge is 0.330 e. The van der Waals surface area contributed by atoms with E-state index >= 15 is 0 Å². The van der Waals surface area contributed by atoms with Gasteiger partial charge in [0.15, 0.2) is 0 Å². The molecule has 1 fully saturated rings. The number of nitrogens with zero attached hydrogens (tertiary/aromatic N) is 3. The number of nitrogens with two attached hydrogens (primary N) is 1. The van der Waals surface area contributed by atoms with E-state index in [1.807, 2.05) is 39.5 Å². The Bertz CT molecular complexity index is 1070. The Morgan fingerprint density at radius 1 is 1.23 bits per heavy atom. The van der Waals surface area contributed by atoms with Crippen LogP contribution in [0.2, 0.25) is 0 Å². The lowest BCUT2D eigenvalue weighted by molar-refractivity contribution is -0.208. The summed E-state index contributed by atoms with van der Waals surface area (Å²) in [6, 6.07) is 3.14. The molecule has 0 radical (unpaired) electrons. The summed E-state index contributed by atoms with van der Waals surface area (Å²) in [5.74, 6) is -1.88. The highest BCUT2D eigenvalue weighted by atomic mass is 16.7. The lowest BCUT2D eigenvalue weighted by Crippen LogP contribution is -2.70. The Morgan fingerprint density at radius 3 is 2.44 bits per heavy atom. The molecule has 0 spiro atoms. The van der Waals surface area contributed by atoms with Crippen LogP contribution in [0.5, 0.6) is 5.75 Å². The Kier molecular flexibility index (Phi) is 9.47. The van der Waals surface area contributed by atoms with Gasteiger partial charge < -0.3 is 30.4 Å². The summed E-state index contributed by atoms with van der Waals surface area (Å²) in [6.45, 7) is 10.9. The number of hydroxylamine groups is 2. The maximum atomic E-state index is 14.2. The zero-order chi connectivity index (χ0) is 29.1. The van der Waals surface area contributed by atoms with E-state index in [2.05, 4.69) is 16.0 Å². The maximum Gasteiger partial charge on any atom is 0.330 e. The molecule has 3 rings (SSSR count). The second kappa shape index (κ2) is 12.1. The van der Waals surface area contributed by atoms with Crippen LogP contribution in [0.3, 0.4) is 0 Å². The van der Waals surface area contributed by atoms with Crippen LogP contribution in [0.1, 0.15) is 57.8 Å². The highest BCUT2D eigenvalue weighted by Gasteiger charge is 2.47. The van der Waals surface area contributed by atoms with E-state index in [-0.39, 0.29) is 43.0 Å². The first-order valence-electron chi connectivity index (χ1n) is 13.6. The van der Waals surface area contributed by atoms with Crippen LogP contribution in [0, 0.1) is 5.41 Å². The fourth-order valence-corrected chi connectivity index (χ4v) is 4.99. The molecular formula is C27H45N7O5. The van der Waals surface area contributed by atoms with E-state index in [0.717, 1.165) is 12.8 Å². The topological polar surface area (TPSA) is 142 Å². The van der Waals surface area contributed by atoms with Crippen LogP contribution in [0.4, 0.5) is 11.4 Å². The molecular weight excluding hydrogens is 502 g/mol. The average molecular weight is 548 g/mol. The number of rotatable bonds is 9. The highest BCUT2D eigenvalue weighted by molar-refractivity contribution is 6.06. The summed E-state index contributed by atoms with van der Waals surface area (Å²) < 4.78 is 6.11. The van der Waals surface area contributed by atoms with E-state index in [4.69, 9.17) is 15.3 Å². The van der Waals surface area contributed by atoms with Crippen LogP contribution in [0.15, 0.2) is 12.1 Å². The summed E-state index contributed by atoms with van der Waals surface area (Å²) in [5.41, 5.74) is 6.69. The molecule has 5 N–H and O–H groups in total. The molecule has 12 heteroatoms. The van der Waals surface area contributed by atoms with E-state index in [1.54, 1.807) is 38.3 Å². The van der Waals surface area contributed by atoms with Crippen molar-refractivity contribution in [3.8, 4) is 5.75 Å². The van der Waals surface area contributed by atoms with Gasteiger partial charge in [-0.3, -0.25) is 20.2 Å². The Hall–Kier alpha value is -2.93. The normalized spacial score (nSPS) is 19.4. The molecule has 0 bridgehead atoms. The predicted octanol–water partition coefficient (Wildman–Crippen LogP) is 1.32. The van der Waals surface area contributed by atoms with Crippen LogP contribution < -0.4 is 31.3 Å². The minimum atomic E-state index is -1.46. The number of anilines is 2. The molecule has 1 unspecified atom stereocenters. The summed E-state index contributed by atoms with van der Waals surface area (Å²) in [4.78, 5) is 49.2. The van der Waals surface area contributed by atoms with Crippen LogP contribution >= 0.6 is 0 Å². The molecule has 12 nitrogen and oxygen atoms in total. The molecule has 0 aliphatic carbocycles. The van der Waals surface area contributed by atoms with Crippen molar-refractivity contribution >= 4 is 29.2 Å². The lowest BCUT2D eigenvalue weighted by atomic mass is 9.97. The van der Waals surface area contributed by atoms with E-state index in [9.17, 15) is 14.4 Å². The Labute approximate surface area is 231 Å². The summed E-state index contributed by atoms with van der Waals surface area (Å²) >= 11 is 0. The van der Waals surface area contributed by atoms with Crippen molar-refractivity contribution in [3.63, 3.8) is 0 Å². The van der Waals surface area contributed by atoms with Crippen molar-refractivity contribution < 1.29 is 24.0 Å². The number of nitrogens with one attached hydrogen (secondary N) is 3. The number of hydrogen-bond acceptors (Lipinski definition) is 10. The molecule has 218 valence electrons. The van der Waals surface area contributed by atoms with Crippen molar-refractivity contribution in [3.05, 3.63) is 17.7 Å². The van der Waals surface area contributed by atoms with Gasteiger partial charge in [-0.2, -0.15) is 0 Å². The summed E-state index contributed by atoms with van der Waals surface area (Å²) in [5, 5.41) is 10.6. The molecule has 39 heavy (non-hydrogen) atoms. The number of likely N-dealkylation sites (N-methyl/N-ethyl adjacent to an activating group) is 2. The molecule has 2 aliphatic heterocycles. The zero-order valence-electron chi connectivity index (χ0n) is 24.5. The molecule has 1 aromatic carbocycles. The first-order chi connectivity index (χ1) is 18.3. The third-order valence-corrected chi connectivity index (χ3v) is 7.12. The SMILES string of the molecule is CNc1cc2c(cc1C(=O)N(C(C)C)C1CCCN(OC(=O)C(C)(C)C)C1)N(CCN)C(=O)C(NC)(NC)O2. The predicted molar refractivity (Wildman–Crippen MR) is 150 cm³/mol. The van der Waals surface area contributed by atoms with Gasteiger partial charge in [-0.25, -0.2) is 4.79 Å². The van der Waals surface area contributed by atoms with Gasteiger partial charge in [0.2, 0.25) is 0 Å². The Balaban J connectivity index is 1.99. The number of ether oxygens (including phenoxy) is 1. The van der Waals surface area contributed by atoms with Gasteiger partial charge >= 0.3 is 11.9 Å². The van der Waals surface area contributed by atoms with Gasteiger partial charge in [-0.15, -0.1) is 5.06 Å². The number of piperidine rings is 1. The lowest BCUT2D eigenvalue weighted by Gasteiger charge is -2.43. The summed E-state index contributed by atoms with van der Waals surface area (Å²) in [6.07, 6.45) is 1.56. The van der Waals surface area contributed by atoms with Crippen molar-refractivity contribution in [2.75, 3.05) is 57.5 Å². The van der Waals surface area contributed by atoms with Gasteiger partial charge in [0.25, 0.3) is 11.8 Å². The molecule has 0 aromatic heterocycles. The van der Waals surface area contributed by atoms with Gasteiger partial charge in [0.1, 0.15) is 5.75 Å². The molecule has 2 amide bonds. The minimum absolute atomic E-state index is 0.124. The third-order valence-electron chi connectivity index (χ3n) is 7.12. The molecule has 1 saturated heterocycles. The van der Waals surface area contributed by atoms with E-state index in [1.165, 1.54) is 4.90 Å². The number of amides is 2. The third kappa shape index (κ3) is 6.13. The van der Waals surface area contributed by atoms with E-state index < -0.39 is 11.3 Å². The largest absolute Gasteiger partial charge is 0.448 e. The van der Waals surface area contributed by atoms with Crippen LogP contribution in [0.25, 0.3) is 0 Å². The molecule has 0 saturated carbocycles. The quantitative estimate of drug-likeness (QED) is 0.335. The van der Waals surface area contributed by atoms with Crippen molar-refractivity contribution in [2.45, 2.75) is 65.4 Å². The van der Waals surface area contributed by atoms with Crippen LogP contribution in [-0.4, -0.2) is 93.0 Å². The molecule has 2 aliphatic rings. The molecule has 2 heterocycles. The zero-order valence-corrected chi connectivity index (χ0v) is 24.5. The second-order valence-corrected chi connectivity index (χ2v) is 11.3. The molecule has 1 aromatic rings. The van der Waals surface area contributed by atoms with Crippen molar-refractivity contribution in [1.82, 2.24) is 20.6 Å². The maximum absolute atomic E-state index is 14.2. The average Bonchev–Trinajstić information content (AvgIpc) is 2.89. The number of fused-ring (bicyclic) bond motifs is 1. The van der Waals surface area contributed by atoms with Gasteiger partial charge in [0, 0.05) is 44.8 Å². The fraction of sp³-hybridized carbons (Fsp3) is 0.667. The number of hydrogen-bond donors (Lipinski definition) is 4. The van der Waals surface area contributed by atoms with Gasteiger partial charge in [-0.05, 0) is 67.6 Å². The van der Waals surface area contributed by atoms with Crippen molar-refractivity contribution in [1.29, 1.82) is 0 Å². The fourth-order valence-electron chi connectivity index (χ4n) is 4.99. The summed E-state index contributed by atoms with van der Waals surface area (Å²) in [7, 11) is 4.99. The number of benzene rings is 1. The number of carbonyl (C=O) groups excluding carboxylic acids is 3. The first-order valence-corrected chi connectivity index (χ1v) is 13.6. The van der Waals surface area contributed by atoms with Crippen LogP contribution in [-0.2, 0) is 14.4 Å². The van der Waals surface area contributed by atoms with Gasteiger partial charge in [0.05, 0.1) is 28.9 Å². The molecule has 1 atom stereocenters. The highest BCUT2D eigenvalue weighted by Crippen LogP contribution is 2.41. The first kappa shape index (κ1) is 30.6. The van der Waals surface area contributed by atoms with Crippen molar-refractivity contribution in [2.24, 2.45) is 11.1 Å². The van der Waals surface area contributed by atoms with E-state index in [0.29, 0.717) is 35.8 Å². The second-order valence-electron chi connectivity index (χ2n) is 11.3. The monoisotopic (exact) mass is 547 g/mol. The Morgan fingerprint density at radius 2 is 1.90 bits per heavy atom. The van der Waals surface area contributed by atoms with Gasteiger partial charge in [-0.1, -0.05) is 0 Å². The standard InChI is InChI=1S/C27H45N7O5/c1-17(2)34(18-10-9-12-32(16-18)39-25(37)26(3,4)5)23(35)19-14-21-22(15-20(19)29-6)38-27(30-7,31-8)24(36)33(21)13-11-28/h14-15,17-18,29-31H,9-13,16,28H2,1-8H3.